The van der Waals surface area contributed by atoms with Crippen molar-refractivity contribution >= 4 is 5.97 Å². The number of hydrogen-bond donors (Lipinski definition) is 0. The Morgan fingerprint density at radius 3 is 2.76 bits per heavy atom. The summed E-state index contributed by atoms with van der Waals surface area (Å²) >= 11 is 0. The van der Waals surface area contributed by atoms with Crippen LogP contribution in [0.2, 0.25) is 0 Å². The highest BCUT2D eigenvalue weighted by Crippen LogP contribution is 2.41. The van der Waals surface area contributed by atoms with Gasteiger partial charge in [-0.3, -0.25) is 0 Å². The number of rotatable bonds is 2. The maximum absolute atomic E-state index is 12.0. The molecule has 2 aliphatic rings. The van der Waals surface area contributed by atoms with E-state index in [1.807, 2.05) is 37.3 Å². The number of benzene rings is 1. The number of methoxy groups -OCH3 is 1. The highest BCUT2D eigenvalue weighted by atomic mass is 16.5. The van der Waals surface area contributed by atoms with E-state index < -0.39 is 5.60 Å². The fourth-order valence-electron chi connectivity index (χ4n) is 3.00. The van der Waals surface area contributed by atoms with Crippen molar-refractivity contribution in [1.29, 1.82) is 0 Å². The quantitative estimate of drug-likeness (QED) is 0.615. The molecule has 0 spiro atoms. The first-order valence-electron chi connectivity index (χ1n) is 7.06. The van der Waals surface area contributed by atoms with Crippen LogP contribution < -0.4 is 0 Å². The third-order valence-electron chi connectivity index (χ3n) is 4.05. The van der Waals surface area contributed by atoms with Gasteiger partial charge in [0.1, 0.15) is 5.76 Å². The van der Waals surface area contributed by atoms with Crippen LogP contribution in [0.15, 0.2) is 66.0 Å². The second-order valence-electron chi connectivity index (χ2n) is 5.34. The normalized spacial score (nSPS) is 27.0. The van der Waals surface area contributed by atoms with Crippen molar-refractivity contribution in [2.24, 2.45) is 5.92 Å². The standard InChI is InChI=1S/C18H18O3/c1-13-16(17(19)20-2)14-7-6-11-18(21-13,12-10-14)15-8-4-3-5-9-15/h3-10,12,14H,11H2,1-2H3. The van der Waals surface area contributed by atoms with E-state index in [1.54, 1.807) is 0 Å². The molecule has 3 rings (SSSR count). The Bertz CT molecular complexity index is 640. The molecule has 0 aromatic heterocycles. The number of fused-ring (bicyclic) bond motifs is 2. The third-order valence-corrected chi connectivity index (χ3v) is 4.05. The second-order valence-corrected chi connectivity index (χ2v) is 5.34. The van der Waals surface area contributed by atoms with Crippen LogP contribution in [0.4, 0.5) is 0 Å². The Kier molecular flexibility index (Phi) is 3.42. The van der Waals surface area contributed by atoms with E-state index in [2.05, 4.69) is 24.3 Å². The lowest BCUT2D eigenvalue weighted by Crippen LogP contribution is -2.27. The molecular weight excluding hydrogens is 264 g/mol. The number of carbonyl (C=O) groups is 1. The average molecular weight is 282 g/mol. The molecule has 21 heavy (non-hydrogen) atoms. The van der Waals surface area contributed by atoms with Gasteiger partial charge < -0.3 is 9.47 Å². The zero-order chi connectivity index (χ0) is 14.9. The van der Waals surface area contributed by atoms with Crippen LogP contribution >= 0.6 is 0 Å². The molecule has 3 nitrogen and oxygen atoms in total. The fraction of sp³-hybridized carbons (Fsp3) is 0.278. The Morgan fingerprint density at radius 1 is 1.29 bits per heavy atom. The number of allylic oxidation sites excluding steroid dienone is 3. The molecule has 2 bridgehead atoms. The lowest BCUT2D eigenvalue weighted by molar-refractivity contribution is -0.136. The van der Waals surface area contributed by atoms with Crippen molar-refractivity contribution in [3.63, 3.8) is 0 Å². The fourth-order valence-corrected chi connectivity index (χ4v) is 3.00. The predicted octanol–water partition coefficient (Wildman–Crippen LogP) is 3.49. The lowest BCUT2D eigenvalue weighted by Gasteiger charge is -2.32. The average Bonchev–Trinajstić information content (AvgIpc) is 2.78. The van der Waals surface area contributed by atoms with E-state index in [0.29, 0.717) is 11.3 Å². The van der Waals surface area contributed by atoms with Crippen molar-refractivity contribution < 1.29 is 14.3 Å². The molecule has 1 heterocycles. The molecule has 0 radical (unpaired) electrons. The molecular formula is C18H18O3. The van der Waals surface area contributed by atoms with Gasteiger partial charge in [-0.25, -0.2) is 4.79 Å². The smallest absolute Gasteiger partial charge is 0.338 e. The van der Waals surface area contributed by atoms with Gasteiger partial charge in [-0.05, 0) is 18.6 Å². The Labute approximate surface area is 124 Å². The van der Waals surface area contributed by atoms with Crippen LogP contribution in [-0.4, -0.2) is 13.1 Å². The van der Waals surface area contributed by atoms with Gasteiger partial charge in [0.2, 0.25) is 0 Å². The van der Waals surface area contributed by atoms with E-state index in [-0.39, 0.29) is 11.9 Å². The summed E-state index contributed by atoms with van der Waals surface area (Å²) in [6.45, 7) is 1.84. The molecule has 2 unspecified atom stereocenters. The summed E-state index contributed by atoms with van der Waals surface area (Å²) < 4.78 is 11.1. The van der Waals surface area contributed by atoms with E-state index in [0.717, 1.165) is 12.0 Å². The number of hydrogen-bond acceptors (Lipinski definition) is 3. The van der Waals surface area contributed by atoms with Crippen LogP contribution in [0.5, 0.6) is 0 Å². The maximum Gasteiger partial charge on any atom is 0.338 e. The van der Waals surface area contributed by atoms with Crippen molar-refractivity contribution in [3.05, 3.63) is 71.5 Å². The molecule has 1 aromatic carbocycles. The minimum Gasteiger partial charge on any atom is -0.482 e. The van der Waals surface area contributed by atoms with Gasteiger partial charge in [0.05, 0.1) is 12.7 Å². The minimum absolute atomic E-state index is 0.0921. The molecule has 1 aliphatic carbocycles. The molecule has 108 valence electrons. The van der Waals surface area contributed by atoms with E-state index in [9.17, 15) is 4.79 Å². The van der Waals surface area contributed by atoms with Crippen molar-refractivity contribution in [3.8, 4) is 0 Å². The van der Waals surface area contributed by atoms with Crippen LogP contribution in [0.3, 0.4) is 0 Å². The molecule has 0 fully saturated rings. The largest absolute Gasteiger partial charge is 0.482 e. The van der Waals surface area contributed by atoms with E-state index in [4.69, 9.17) is 9.47 Å². The van der Waals surface area contributed by atoms with Crippen LogP contribution in [-0.2, 0) is 19.9 Å². The number of ether oxygens (including phenoxy) is 2. The van der Waals surface area contributed by atoms with Crippen LogP contribution in [0.1, 0.15) is 18.9 Å². The third kappa shape index (κ3) is 2.29. The molecule has 0 amide bonds. The Hall–Kier alpha value is -2.29. The van der Waals surface area contributed by atoms with Crippen molar-refractivity contribution in [1.82, 2.24) is 0 Å². The summed E-state index contributed by atoms with van der Waals surface area (Å²) in [6.07, 6.45) is 8.95. The number of esters is 1. The van der Waals surface area contributed by atoms with Gasteiger partial charge in [-0.2, -0.15) is 0 Å². The zero-order valence-electron chi connectivity index (χ0n) is 12.2. The molecule has 2 atom stereocenters. The van der Waals surface area contributed by atoms with E-state index >= 15 is 0 Å². The first-order chi connectivity index (χ1) is 10.2. The second kappa shape index (κ2) is 5.24. The van der Waals surface area contributed by atoms with Crippen molar-refractivity contribution in [2.45, 2.75) is 18.9 Å². The molecule has 1 aromatic rings. The van der Waals surface area contributed by atoms with E-state index in [1.165, 1.54) is 7.11 Å². The molecule has 0 saturated carbocycles. The Morgan fingerprint density at radius 2 is 2.05 bits per heavy atom. The minimum atomic E-state index is -0.549. The molecule has 0 N–H and O–H groups in total. The summed E-state index contributed by atoms with van der Waals surface area (Å²) in [4.78, 5) is 12.0. The van der Waals surface area contributed by atoms with Gasteiger partial charge in [0.15, 0.2) is 5.60 Å². The SMILES string of the molecule is COC(=O)C1=C(C)OC2(c3ccccc3)C=CC1C=CC2. The summed E-state index contributed by atoms with van der Waals surface area (Å²) in [5.41, 5.74) is 1.10. The van der Waals surface area contributed by atoms with Gasteiger partial charge in [-0.15, -0.1) is 0 Å². The molecule has 3 heteroatoms. The first-order valence-corrected chi connectivity index (χ1v) is 7.06. The number of carbonyl (C=O) groups excluding carboxylic acids is 1. The summed E-state index contributed by atoms with van der Waals surface area (Å²) in [5.74, 6) is 0.202. The van der Waals surface area contributed by atoms with Gasteiger partial charge in [0.25, 0.3) is 0 Å². The summed E-state index contributed by atoms with van der Waals surface area (Å²) in [5, 5.41) is 0. The lowest BCUT2D eigenvalue weighted by atomic mass is 9.90. The highest BCUT2D eigenvalue weighted by molar-refractivity contribution is 5.90. The van der Waals surface area contributed by atoms with Crippen LogP contribution in [0.25, 0.3) is 0 Å². The Balaban J connectivity index is 2.12. The topological polar surface area (TPSA) is 35.5 Å². The highest BCUT2D eigenvalue weighted by Gasteiger charge is 2.37. The summed E-state index contributed by atoms with van der Waals surface area (Å²) in [6, 6.07) is 10.1. The molecule has 1 aliphatic heterocycles. The maximum atomic E-state index is 12.0. The zero-order valence-corrected chi connectivity index (χ0v) is 12.2. The predicted molar refractivity (Wildman–Crippen MR) is 80.3 cm³/mol. The first kappa shape index (κ1) is 13.7. The van der Waals surface area contributed by atoms with Crippen molar-refractivity contribution in [2.75, 3.05) is 7.11 Å². The van der Waals surface area contributed by atoms with Gasteiger partial charge in [0, 0.05) is 12.3 Å². The molecule has 0 saturated heterocycles. The monoisotopic (exact) mass is 282 g/mol. The summed E-state index contributed by atoms with van der Waals surface area (Å²) in [7, 11) is 1.40. The van der Waals surface area contributed by atoms with Crippen LogP contribution in [0, 0.1) is 5.92 Å². The van der Waals surface area contributed by atoms with Gasteiger partial charge in [-0.1, -0.05) is 48.6 Å². The van der Waals surface area contributed by atoms with Gasteiger partial charge >= 0.3 is 5.97 Å².